The maximum Gasteiger partial charge on any atom is 0.170 e. The highest BCUT2D eigenvalue weighted by atomic mass is 16.7. The summed E-state index contributed by atoms with van der Waals surface area (Å²) in [6.45, 7) is 5.86. The van der Waals surface area contributed by atoms with Crippen molar-refractivity contribution in [2.75, 3.05) is 20.3 Å². The fourth-order valence-electron chi connectivity index (χ4n) is 2.74. The number of hydrogen-bond acceptors (Lipinski definition) is 4. The first-order chi connectivity index (χ1) is 7.54. The predicted octanol–water partition coefficient (Wildman–Crippen LogP) is 0.950. The Hall–Kier alpha value is -0.160. The third kappa shape index (κ3) is 2.25. The summed E-state index contributed by atoms with van der Waals surface area (Å²) in [6, 6.07) is 1.12. The average molecular weight is 228 g/mol. The van der Waals surface area contributed by atoms with Gasteiger partial charge in [-0.2, -0.15) is 0 Å². The molecule has 0 aromatic heterocycles. The van der Waals surface area contributed by atoms with Gasteiger partial charge in [-0.3, -0.25) is 4.90 Å². The zero-order chi connectivity index (χ0) is 11.8. The number of hydrogen-bond donors (Lipinski definition) is 1. The second kappa shape index (κ2) is 4.61. The molecule has 4 nitrogen and oxygen atoms in total. The molecule has 94 valence electrons. The van der Waals surface area contributed by atoms with Crippen LogP contribution in [-0.2, 0) is 9.47 Å². The maximum absolute atomic E-state index is 6.22. The van der Waals surface area contributed by atoms with Gasteiger partial charge in [-0.05, 0) is 27.3 Å². The Kier molecular flexibility index (Phi) is 3.54. The molecule has 4 heteroatoms. The van der Waals surface area contributed by atoms with Gasteiger partial charge < -0.3 is 15.2 Å². The zero-order valence-corrected chi connectivity index (χ0v) is 10.6. The summed E-state index contributed by atoms with van der Waals surface area (Å²) in [5.74, 6) is -0.330. The molecule has 1 saturated carbocycles. The monoisotopic (exact) mass is 228 g/mol. The van der Waals surface area contributed by atoms with Crippen LogP contribution in [0.1, 0.15) is 33.1 Å². The molecular formula is C12H24N2O2. The quantitative estimate of drug-likeness (QED) is 0.764. The van der Waals surface area contributed by atoms with Gasteiger partial charge in [-0.25, -0.2) is 0 Å². The van der Waals surface area contributed by atoms with Crippen molar-refractivity contribution >= 4 is 0 Å². The van der Waals surface area contributed by atoms with E-state index in [0.717, 1.165) is 32.5 Å². The highest BCUT2D eigenvalue weighted by molar-refractivity contribution is 4.95. The summed E-state index contributed by atoms with van der Waals surface area (Å²) in [5, 5.41) is 0. The predicted molar refractivity (Wildman–Crippen MR) is 63.1 cm³/mol. The van der Waals surface area contributed by atoms with E-state index >= 15 is 0 Å². The van der Waals surface area contributed by atoms with E-state index in [1.807, 2.05) is 0 Å². The number of nitrogens with two attached hydrogens (primary N) is 1. The minimum Gasteiger partial charge on any atom is -0.347 e. The van der Waals surface area contributed by atoms with Gasteiger partial charge in [-0.1, -0.05) is 0 Å². The first-order valence-electron chi connectivity index (χ1n) is 6.29. The first kappa shape index (κ1) is 12.3. The molecule has 0 bridgehead atoms. The molecule has 1 spiro atoms. The third-order valence-electron chi connectivity index (χ3n) is 4.02. The van der Waals surface area contributed by atoms with Crippen molar-refractivity contribution in [1.82, 2.24) is 4.90 Å². The largest absolute Gasteiger partial charge is 0.347 e. The van der Waals surface area contributed by atoms with Crippen LogP contribution in [0, 0.1) is 0 Å². The lowest BCUT2D eigenvalue weighted by Crippen LogP contribution is -2.56. The fourth-order valence-corrected chi connectivity index (χ4v) is 2.74. The van der Waals surface area contributed by atoms with Crippen molar-refractivity contribution in [3.63, 3.8) is 0 Å². The van der Waals surface area contributed by atoms with Crippen molar-refractivity contribution in [3.8, 4) is 0 Å². The Labute approximate surface area is 98.1 Å². The Morgan fingerprint density at radius 3 is 2.50 bits per heavy atom. The van der Waals surface area contributed by atoms with E-state index in [4.69, 9.17) is 15.2 Å². The van der Waals surface area contributed by atoms with Crippen LogP contribution in [0.25, 0.3) is 0 Å². The van der Waals surface area contributed by atoms with Crippen LogP contribution in [0.15, 0.2) is 0 Å². The van der Waals surface area contributed by atoms with Crippen LogP contribution in [0.5, 0.6) is 0 Å². The smallest absolute Gasteiger partial charge is 0.170 e. The number of rotatable bonds is 2. The van der Waals surface area contributed by atoms with E-state index in [-0.39, 0.29) is 11.8 Å². The minimum atomic E-state index is -0.330. The molecule has 2 aliphatic rings. The highest BCUT2D eigenvalue weighted by Crippen LogP contribution is 2.37. The topological polar surface area (TPSA) is 47.7 Å². The van der Waals surface area contributed by atoms with Crippen LogP contribution in [0.2, 0.25) is 0 Å². The summed E-state index contributed by atoms with van der Waals surface area (Å²) in [6.07, 6.45) is 2.83. The standard InChI is InChI=1S/C12H24N2O2/c1-9(2)14(3)11-8-12(5-4-10(11)13)15-6-7-16-12/h9-11H,4-8,13H2,1-3H3. The van der Waals surface area contributed by atoms with Gasteiger partial charge in [-0.15, -0.1) is 0 Å². The summed E-state index contributed by atoms with van der Waals surface area (Å²) in [5.41, 5.74) is 6.22. The maximum atomic E-state index is 6.22. The molecule has 0 aromatic rings. The second-order valence-electron chi connectivity index (χ2n) is 5.34. The SMILES string of the molecule is CC(C)N(C)C1CC2(CCC1N)OCCO2. The van der Waals surface area contributed by atoms with Gasteiger partial charge in [0, 0.05) is 31.0 Å². The normalized spacial score (nSPS) is 34.1. The molecule has 2 rings (SSSR count). The fraction of sp³-hybridized carbons (Fsp3) is 1.00. The van der Waals surface area contributed by atoms with Crippen molar-refractivity contribution in [3.05, 3.63) is 0 Å². The molecule has 1 saturated heterocycles. The van der Waals surface area contributed by atoms with Crippen molar-refractivity contribution in [1.29, 1.82) is 0 Å². The molecule has 2 unspecified atom stereocenters. The van der Waals surface area contributed by atoms with E-state index in [9.17, 15) is 0 Å². The number of nitrogens with zero attached hydrogens (tertiary/aromatic N) is 1. The third-order valence-corrected chi connectivity index (χ3v) is 4.02. The Morgan fingerprint density at radius 1 is 1.31 bits per heavy atom. The van der Waals surface area contributed by atoms with E-state index < -0.39 is 0 Å². The molecule has 1 aliphatic carbocycles. The molecular weight excluding hydrogens is 204 g/mol. The van der Waals surface area contributed by atoms with Crippen LogP contribution in [-0.4, -0.2) is 49.1 Å². The molecule has 2 fully saturated rings. The van der Waals surface area contributed by atoms with Gasteiger partial charge in [0.05, 0.1) is 13.2 Å². The van der Waals surface area contributed by atoms with Gasteiger partial charge in [0.15, 0.2) is 5.79 Å². The average Bonchev–Trinajstić information content (AvgIpc) is 2.70. The van der Waals surface area contributed by atoms with Gasteiger partial charge >= 0.3 is 0 Å². The Bertz CT molecular complexity index is 239. The molecule has 2 atom stereocenters. The van der Waals surface area contributed by atoms with Gasteiger partial charge in [0.2, 0.25) is 0 Å². The van der Waals surface area contributed by atoms with E-state index in [1.165, 1.54) is 0 Å². The van der Waals surface area contributed by atoms with E-state index in [0.29, 0.717) is 12.1 Å². The van der Waals surface area contributed by atoms with Crippen LogP contribution >= 0.6 is 0 Å². The summed E-state index contributed by atoms with van der Waals surface area (Å²) in [7, 11) is 2.14. The minimum absolute atomic E-state index is 0.242. The lowest BCUT2D eigenvalue weighted by molar-refractivity contribution is -0.192. The lowest BCUT2D eigenvalue weighted by Gasteiger charge is -2.44. The van der Waals surface area contributed by atoms with Crippen LogP contribution in [0.4, 0.5) is 0 Å². The highest BCUT2D eigenvalue weighted by Gasteiger charge is 2.45. The number of likely N-dealkylation sites (N-methyl/N-ethyl adjacent to an activating group) is 1. The van der Waals surface area contributed by atoms with E-state index in [2.05, 4.69) is 25.8 Å². The Morgan fingerprint density at radius 2 is 1.94 bits per heavy atom. The van der Waals surface area contributed by atoms with Crippen molar-refractivity contribution in [2.24, 2.45) is 5.73 Å². The van der Waals surface area contributed by atoms with Crippen LogP contribution in [0.3, 0.4) is 0 Å². The molecule has 0 aromatic carbocycles. The zero-order valence-electron chi connectivity index (χ0n) is 10.6. The molecule has 16 heavy (non-hydrogen) atoms. The molecule has 1 heterocycles. The van der Waals surface area contributed by atoms with Crippen LogP contribution < -0.4 is 5.73 Å². The van der Waals surface area contributed by atoms with E-state index in [1.54, 1.807) is 0 Å². The summed E-state index contributed by atoms with van der Waals surface area (Å²) >= 11 is 0. The molecule has 0 amide bonds. The van der Waals surface area contributed by atoms with Gasteiger partial charge in [0.1, 0.15) is 0 Å². The lowest BCUT2D eigenvalue weighted by atomic mass is 9.85. The molecule has 0 radical (unpaired) electrons. The summed E-state index contributed by atoms with van der Waals surface area (Å²) in [4.78, 5) is 2.34. The molecule has 2 N–H and O–H groups in total. The van der Waals surface area contributed by atoms with Crippen molar-refractivity contribution in [2.45, 2.75) is 57.0 Å². The summed E-state index contributed by atoms with van der Waals surface area (Å²) < 4.78 is 11.6. The molecule has 1 aliphatic heterocycles. The Balaban J connectivity index is 2.05. The second-order valence-corrected chi connectivity index (χ2v) is 5.34. The first-order valence-corrected chi connectivity index (χ1v) is 6.29. The van der Waals surface area contributed by atoms with Gasteiger partial charge in [0.25, 0.3) is 0 Å². The number of ether oxygens (including phenoxy) is 2. The van der Waals surface area contributed by atoms with Crippen molar-refractivity contribution < 1.29 is 9.47 Å².